The largest absolute Gasteiger partial charge is 0.420 e. The first-order valence-corrected chi connectivity index (χ1v) is 9.71. The minimum Gasteiger partial charge on any atom is -0.420 e. The van der Waals surface area contributed by atoms with Gasteiger partial charge in [-0.3, -0.25) is 5.10 Å². The van der Waals surface area contributed by atoms with Crippen LogP contribution in [0.25, 0.3) is 12.2 Å². The molecule has 0 bridgehead atoms. The second kappa shape index (κ2) is 8.36. The van der Waals surface area contributed by atoms with Gasteiger partial charge >= 0.3 is 5.97 Å². The molecule has 0 saturated heterocycles. The standard InChI is InChI=1S/C20H14Br2F2N2O2/c1-10-13(11(2)26-25-10)7-6-12-8-14(21)19(15(22)9-12)28-20(27)18-16(23)4-3-5-17(18)24/h3-9H,1-2H3,(H,25,26)/b7-6+. The van der Waals surface area contributed by atoms with Gasteiger partial charge in [0.05, 0.1) is 14.6 Å². The number of ether oxygens (including phenoxy) is 1. The van der Waals surface area contributed by atoms with Crippen molar-refractivity contribution >= 4 is 50.0 Å². The van der Waals surface area contributed by atoms with Crippen molar-refractivity contribution in [2.45, 2.75) is 13.8 Å². The summed E-state index contributed by atoms with van der Waals surface area (Å²) in [7, 11) is 0. The van der Waals surface area contributed by atoms with Crippen LogP contribution in [0.3, 0.4) is 0 Å². The van der Waals surface area contributed by atoms with Gasteiger partial charge in [0.15, 0.2) is 5.75 Å². The maximum Gasteiger partial charge on any atom is 0.349 e. The zero-order valence-corrected chi connectivity index (χ0v) is 18.0. The van der Waals surface area contributed by atoms with Gasteiger partial charge in [0.25, 0.3) is 0 Å². The maximum absolute atomic E-state index is 13.8. The molecule has 0 amide bonds. The summed E-state index contributed by atoms with van der Waals surface area (Å²) >= 11 is 6.67. The van der Waals surface area contributed by atoms with Gasteiger partial charge in [0.1, 0.15) is 17.2 Å². The first-order chi connectivity index (χ1) is 13.3. The van der Waals surface area contributed by atoms with E-state index in [1.165, 1.54) is 6.07 Å². The molecule has 2 aromatic carbocycles. The number of hydrogen-bond donors (Lipinski definition) is 1. The lowest BCUT2D eigenvalue weighted by Crippen LogP contribution is -2.13. The van der Waals surface area contributed by atoms with Crippen molar-refractivity contribution in [3.63, 3.8) is 0 Å². The molecule has 3 rings (SSSR count). The lowest BCUT2D eigenvalue weighted by Gasteiger charge is -2.11. The van der Waals surface area contributed by atoms with E-state index in [4.69, 9.17) is 4.74 Å². The molecule has 1 aromatic heterocycles. The number of nitrogens with one attached hydrogen (secondary N) is 1. The third-order valence-electron chi connectivity index (χ3n) is 4.01. The molecule has 0 spiro atoms. The monoisotopic (exact) mass is 510 g/mol. The molecule has 0 aliphatic carbocycles. The van der Waals surface area contributed by atoms with Crippen molar-refractivity contribution in [2.24, 2.45) is 0 Å². The Morgan fingerprint density at radius 3 is 2.25 bits per heavy atom. The van der Waals surface area contributed by atoms with E-state index in [0.717, 1.165) is 34.6 Å². The predicted molar refractivity (Wildman–Crippen MR) is 110 cm³/mol. The summed E-state index contributed by atoms with van der Waals surface area (Å²) in [6, 6.07) is 6.63. The fourth-order valence-corrected chi connectivity index (χ4v) is 3.98. The summed E-state index contributed by atoms with van der Waals surface area (Å²) < 4.78 is 33.7. The summed E-state index contributed by atoms with van der Waals surface area (Å²) in [6.07, 6.45) is 3.80. The number of nitrogens with zero attached hydrogens (tertiary/aromatic N) is 1. The molecule has 144 valence electrons. The van der Waals surface area contributed by atoms with Crippen LogP contribution in [-0.4, -0.2) is 16.2 Å². The molecule has 0 saturated carbocycles. The molecule has 1 heterocycles. The van der Waals surface area contributed by atoms with Crippen LogP contribution in [0.5, 0.6) is 5.75 Å². The zero-order valence-electron chi connectivity index (χ0n) is 14.8. The minimum absolute atomic E-state index is 0.125. The Kier molecular flexibility index (Phi) is 6.10. The van der Waals surface area contributed by atoms with Gasteiger partial charge in [0, 0.05) is 11.3 Å². The first kappa shape index (κ1) is 20.4. The van der Waals surface area contributed by atoms with Gasteiger partial charge in [-0.05, 0) is 75.5 Å². The Labute approximate surface area is 176 Å². The van der Waals surface area contributed by atoms with Crippen LogP contribution in [0, 0.1) is 25.5 Å². The van der Waals surface area contributed by atoms with Crippen LogP contribution >= 0.6 is 31.9 Å². The molecule has 3 aromatic rings. The van der Waals surface area contributed by atoms with Gasteiger partial charge in [-0.15, -0.1) is 0 Å². The van der Waals surface area contributed by atoms with E-state index in [1.54, 1.807) is 12.1 Å². The van der Waals surface area contributed by atoms with E-state index in [1.807, 2.05) is 26.0 Å². The minimum atomic E-state index is -1.12. The number of carbonyl (C=O) groups is 1. The Morgan fingerprint density at radius 2 is 1.71 bits per heavy atom. The lowest BCUT2D eigenvalue weighted by molar-refractivity contribution is 0.0722. The number of rotatable bonds is 4. The highest BCUT2D eigenvalue weighted by Gasteiger charge is 2.21. The Morgan fingerprint density at radius 1 is 1.11 bits per heavy atom. The molecular formula is C20H14Br2F2N2O2. The van der Waals surface area contributed by atoms with Crippen molar-refractivity contribution in [1.82, 2.24) is 10.2 Å². The lowest BCUT2D eigenvalue weighted by atomic mass is 10.1. The summed E-state index contributed by atoms with van der Waals surface area (Å²) in [5, 5.41) is 7.05. The SMILES string of the molecule is Cc1n[nH]c(C)c1/C=C/c1cc(Br)c(OC(=O)c2c(F)cccc2F)c(Br)c1. The van der Waals surface area contributed by atoms with Crippen molar-refractivity contribution in [2.75, 3.05) is 0 Å². The molecule has 0 fully saturated rings. The fraction of sp³-hybridized carbons (Fsp3) is 0.100. The molecule has 1 N–H and O–H groups in total. The number of esters is 1. The molecule has 0 radical (unpaired) electrons. The summed E-state index contributed by atoms with van der Waals surface area (Å²) in [4.78, 5) is 12.2. The van der Waals surface area contributed by atoms with Crippen LogP contribution in [0.2, 0.25) is 0 Å². The maximum atomic E-state index is 13.8. The third-order valence-corrected chi connectivity index (χ3v) is 5.19. The first-order valence-electron chi connectivity index (χ1n) is 8.12. The summed E-state index contributed by atoms with van der Waals surface area (Å²) in [5.74, 6) is -2.96. The van der Waals surface area contributed by atoms with Gasteiger partial charge in [-0.25, -0.2) is 13.6 Å². The fourth-order valence-electron chi connectivity index (χ4n) is 2.59. The van der Waals surface area contributed by atoms with Crippen LogP contribution in [0.1, 0.15) is 32.9 Å². The highest BCUT2D eigenvalue weighted by molar-refractivity contribution is 9.11. The van der Waals surface area contributed by atoms with E-state index in [2.05, 4.69) is 42.1 Å². The van der Waals surface area contributed by atoms with Crippen LogP contribution in [0.15, 0.2) is 39.3 Å². The van der Waals surface area contributed by atoms with Crippen LogP contribution in [0.4, 0.5) is 8.78 Å². The number of aryl methyl sites for hydroxylation is 2. The number of halogens is 4. The van der Waals surface area contributed by atoms with Crippen molar-refractivity contribution in [3.05, 3.63) is 79.0 Å². The van der Waals surface area contributed by atoms with Gasteiger partial charge < -0.3 is 4.74 Å². The Bertz CT molecular complexity index is 1030. The van der Waals surface area contributed by atoms with E-state index in [-0.39, 0.29) is 5.75 Å². The molecule has 0 unspecified atom stereocenters. The van der Waals surface area contributed by atoms with Crippen LogP contribution in [-0.2, 0) is 0 Å². The van der Waals surface area contributed by atoms with Gasteiger partial charge in [-0.2, -0.15) is 5.10 Å². The molecule has 0 aliphatic rings. The second-order valence-corrected chi connectivity index (χ2v) is 7.69. The van der Waals surface area contributed by atoms with Gasteiger partial charge in [0.2, 0.25) is 0 Å². The highest BCUT2D eigenvalue weighted by Crippen LogP contribution is 2.36. The number of aromatic nitrogens is 2. The molecule has 8 heteroatoms. The van der Waals surface area contributed by atoms with E-state index in [9.17, 15) is 13.6 Å². The Hall–Kier alpha value is -2.32. The van der Waals surface area contributed by atoms with Crippen LogP contribution < -0.4 is 4.74 Å². The third kappa shape index (κ3) is 4.23. The highest BCUT2D eigenvalue weighted by atomic mass is 79.9. The summed E-state index contributed by atoms with van der Waals surface area (Å²) in [6.45, 7) is 3.83. The zero-order chi connectivity index (χ0) is 20.4. The molecular weight excluding hydrogens is 498 g/mol. The number of benzene rings is 2. The topological polar surface area (TPSA) is 55.0 Å². The number of aromatic amines is 1. The number of hydrogen-bond acceptors (Lipinski definition) is 3. The van der Waals surface area contributed by atoms with Crippen molar-refractivity contribution in [3.8, 4) is 5.75 Å². The molecule has 4 nitrogen and oxygen atoms in total. The number of carbonyl (C=O) groups excluding carboxylic acids is 1. The van der Waals surface area contributed by atoms with Gasteiger partial charge in [-0.1, -0.05) is 18.2 Å². The average Bonchev–Trinajstić information content (AvgIpc) is 2.94. The molecule has 28 heavy (non-hydrogen) atoms. The molecule has 0 atom stereocenters. The van der Waals surface area contributed by atoms with Crippen molar-refractivity contribution in [1.29, 1.82) is 0 Å². The second-order valence-electron chi connectivity index (χ2n) is 5.98. The summed E-state index contributed by atoms with van der Waals surface area (Å²) in [5.41, 5.74) is 2.89. The van der Waals surface area contributed by atoms with E-state index in [0.29, 0.717) is 8.95 Å². The van der Waals surface area contributed by atoms with E-state index >= 15 is 0 Å². The smallest absolute Gasteiger partial charge is 0.349 e. The molecule has 0 aliphatic heterocycles. The average molecular weight is 512 g/mol. The Balaban J connectivity index is 1.87. The number of H-pyrrole nitrogens is 1. The van der Waals surface area contributed by atoms with Crippen molar-refractivity contribution < 1.29 is 18.3 Å². The van der Waals surface area contributed by atoms with E-state index < -0.39 is 23.2 Å². The predicted octanol–water partition coefficient (Wildman–Crippen LogP) is 6.22. The quantitative estimate of drug-likeness (QED) is 0.334. The normalized spacial score (nSPS) is 11.2.